The van der Waals surface area contributed by atoms with Crippen LogP contribution in [0.3, 0.4) is 0 Å². The van der Waals surface area contributed by atoms with E-state index in [0.717, 1.165) is 0 Å². The first kappa shape index (κ1) is 9.24. The molecule has 2 aromatic heterocycles. The summed E-state index contributed by atoms with van der Waals surface area (Å²) >= 11 is 0. The van der Waals surface area contributed by atoms with E-state index in [-0.39, 0.29) is 40.7 Å². The molecule has 7 heteroatoms. The number of aromatic amines is 3. The minimum atomic E-state index is -0.547. The van der Waals surface area contributed by atoms with E-state index in [2.05, 4.69) is 19.9 Å². The predicted molar refractivity (Wildman–Crippen MR) is 43.1 cm³/mol. The quantitative estimate of drug-likeness (QED) is 0.428. The van der Waals surface area contributed by atoms with Crippen LogP contribution in [0.1, 0.15) is 0 Å². The number of nitrogens with one attached hydrogen (secondary N) is 3. The summed E-state index contributed by atoms with van der Waals surface area (Å²) in [7, 11) is 0. The Balaban J connectivity index is 0.000000720. The Labute approximate surface area is 87.7 Å². The zero-order valence-electron chi connectivity index (χ0n) is 6.34. The minimum Gasteiger partial charge on any atom is -0.339 e. The summed E-state index contributed by atoms with van der Waals surface area (Å²) in [5.74, 6) is 0. The molecule has 0 bridgehead atoms. The molecule has 6 nitrogen and oxygen atoms in total. The normalized spacial score (nSPS) is 9.67. The van der Waals surface area contributed by atoms with Gasteiger partial charge in [0.1, 0.15) is 5.52 Å². The summed E-state index contributed by atoms with van der Waals surface area (Å²) in [5.41, 5.74) is -0.445. The molecule has 3 N–H and O–H groups in total. The molecule has 2 heterocycles. The molecule has 0 fully saturated rings. The predicted octanol–water partition coefficient (Wildman–Crippen LogP) is -1.44. The summed E-state index contributed by atoms with van der Waals surface area (Å²) < 4.78 is 0. The number of H-pyrrole nitrogens is 3. The van der Waals surface area contributed by atoms with Crippen LogP contribution in [0, 0.1) is 0 Å². The number of hydrogen-bond donors (Lipinski definition) is 3. The van der Waals surface area contributed by atoms with Gasteiger partial charge in [-0.15, -0.1) is 0 Å². The molecular weight excluding hydrogens is 171 g/mol. The Morgan fingerprint density at radius 3 is 2.75 bits per heavy atom. The Morgan fingerprint density at radius 2 is 2.00 bits per heavy atom. The van der Waals surface area contributed by atoms with E-state index in [1.54, 1.807) is 0 Å². The van der Waals surface area contributed by atoms with Crippen molar-refractivity contribution in [1.82, 2.24) is 19.9 Å². The Kier molecular flexibility index (Phi) is 2.51. The van der Waals surface area contributed by atoms with Gasteiger partial charge in [-0.1, -0.05) is 0 Å². The summed E-state index contributed by atoms with van der Waals surface area (Å²) in [6.07, 6.45) is 1.34. The second-order valence-electron chi connectivity index (χ2n) is 2.03. The van der Waals surface area contributed by atoms with Gasteiger partial charge in [0.15, 0.2) is 5.65 Å². The topological polar surface area (TPSA) is 94.4 Å². The van der Waals surface area contributed by atoms with Crippen LogP contribution in [0.25, 0.3) is 11.2 Å². The molecule has 0 aliphatic rings. The van der Waals surface area contributed by atoms with E-state index in [4.69, 9.17) is 0 Å². The van der Waals surface area contributed by atoms with E-state index in [1.807, 2.05) is 0 Å². The van der Waals surface area contributed by atoms with Gasteiger partial charge in [-0.05, 0) is 0 Å². The van der Waals surface area contributed by atoms with Gasteiger partial charge in [-0.3, -0.25) is 14.8 Å². The Hall–Kier alpha value is -0.850. The van der Waals surface area contributed by atoms with Crippen LogP contribution in [0.4, 0.5) is 0 Å². The Morgan fingerprint density at radius 1 is 1.25 bits per heavy atom. The van der Waals surface area contributed by atoms with Gasteiger partial charge in [-0.2, -0.15) is 0 Å². The van der Waals surface area contributed by atoms with E-state index < -0.39 is 11.2 Å². The molecule has 2 rings (SSSR count). The van der Waals surface area contributed by atoms with Crippen molar-refractivity contribution in [3.8, 4) is 0 Å². The first-order chi connectivity index (χ1) is 5.27. The second-order valence-corrected chi connectivity index (χ2v) is 2.03. The number of rotatable bonds is 0. The van der Waals surface area contributed by atoms with Gasteiger partial charge >= 0.3 is 5.69 Å². The van der Waals surface area contributed by atoms with Crippen molar-refractivity contribution in [1.29, 1.82) is 0 Å². The molecule has 12 heavy (non-hydrogen) atoms. The largest absolute Gasteiger partial charge is 0.339 e. The van der Waals surface area contributed by atoms with Crippen LogP contribution in [0.15, 0.2) is 15.9 Å². The molecule has 0 aliphatic carbocycles. The number of hydrogen-bond acceptors (Lipinski definition) is 3. The molecular formula is C5H4N4NaO2. The first-order valence-corrected chi connectivity index (χ1v) is 2.93. The number of imidazole rings is 1. The molecule has 0 atom stereocenters. The summed E-state index contributed by atoms with van der Waals surface area (Å²) in [6, 6.07) is 0. The van der Waals surface area contributed by atoms with Gasteiger partial charge < -0.3 is 4.98 Å². The maximum Gasteiger partial charge on any atom is 0.327 e. The monoisotopic (exact) mass is 175 g/mol. The smallest absolute Gasteiger partial charge is 0.327 e. The van der Waals surface area contributed by atoms with E-state index >= 15 is 0 Å². The van der Waals surface area contributed by atoms with Crippen molar-refractivity contribution < 1.29 is 0 Å². The van der Waals surface area contributed by atoms with Crippen LogP contribution in [-0.2, 0) is 0 Å². The third-order valence-corrected chi connectivity index (χ3v) is 1.33. The SMILES string of the molecule is O=c1[nH]c(=O)c2[nH]cnc2[nH]1.[Na]. The standard InChI is InChI=1S/C5H4N4O2.Na/c10-4-2-3(7-1-6-2)8-5(11)9-4;/h1H,(H3,6,7,8,9,10,11);. The van der Waals surface area contributed by atoms with Crippen LogP contribution in [0.2, 0.25) is 0 Å². The van der Waals surface area contributed by atoms with Crippen LogP contribution >= 0.6 is 0 Å². The third-order valence-electron chi connectivity index (χ3n) is 1.33. The van der Waals surface area contributed by atoms with E-state index in [1.165, 1.54) is 6.33 Å². The molecule has 0 unspecified atom stereocenters. The van der Waals surface area contributed by atoms with Crippen molar-refractivity contribution >= 4 is 40.7 Å². The van der Waals surface area contributed by atoms with Crippen molar-refractivity contribution in [2.45, 2.75) is 0 Å². The fraction of sp³-hybridized carbons (Fsp3) is 0. The van der Waals surface area contributed by atoms with Crippen molar-refractivity contribution in [3.63, 3.8) is 0 Å². The van der Waals surface area contributed by atoms with Gasteiger partial charge in [0.25, 0.3) is 5.56 Å². The first-order valence-electron chi connectivity index (χ1n) is 2.93. The third kappa shape index (κ3) is 1.36. The molecule has 1 radical (unpaired) electrons. The van der Waals surface area contributed by atoms with Crippen molar-refractivity contribution in [2.24, 2.45) is 0 Å². The van der Waals surface area contributed by atoms with Crippen molar-refractivity contribution in [2.75, 3.05) is 0 Å². The zero-order valence-corrected chi connectivity index (χ0v) is 8.34. The minimum absolute atomic E-state index is 0. The second kappa shape index (κ2) is 3.26. The van der Waals surface area contributed by atoms with Crippen LogP contribution in [-0.4, -0.2) is 49.5 Å². The summed E-state index contributed by atoms with van der Waals surface area (Å²) in [4.78, 5) is 32.3. The van der Waals surface area contributed by atoms with E-state index in [9.17, 15) is 9.59 Å². The van der Waals surface area contributed by atoms with Gasteiger partial charge in [-0.25, -0.2) is 9.78 Å². The Bertz CT molecular complexity index is 496. The van der Waals surface area contributed by atoms with Gasteiger partial charge in [0.2, 0.25) is 0 Å². The molecule has 0 spiro atoms. The van der Waals surface area contributed by atoms with Gasteiger partial charge in [0.05, 0.1) is 6.33 Å². The molecule has 0 saturated heterocycles. The molecule has 0 aromatic carbocycles. The summed E-state index contributed by atoms with van der Waals surface area (Å²) in [5, 5.41) is 0. The average molecular weight is 175 g/mol. The number of nitrogens with zero attached hydrogens (tertiary/aromatic N) is 1. The molecule has 2 aromatic rings. The van der Waals surface area contributed by atoms with Crippen molar-refractivity contribution in [3.05, 3.63) is 27.2 Å². The van der Waals surface area contributed by atoms with Crippen LogP contribution in [0.5, 0.6) is 0 Å². The number of fused-ring (bicyclic) bond motifs is 1. The fourth-order valence-electron chi connectivity index (χ4n) is 0.867. The van der Waals surface area contributed by atoms with Gasteiger partial charge in [0, 0.05) is 29.6 Å². The number of aromatic nitrogens is 4. The average Bonchev–Trinajstić information content (AvgIpc) is 2.34. The molecule has 0 saturated carbocycles. The zero-order chi connectivity index (χ0) is 7.84. The van der Waals surface area contributed by atoms with E-state index in [0.29, 0.717) is 0 Å². The maximum absolute atomic E-state index is 10.9. The molecule has 0 aliphatic heterocycles. The maximum atomic E-state index is 10.9. The molecule has 0 amide bonds. The summed E-state index contributed by atoms with van der Waals surface area (Å²) in [6.45, 7) is 0. The fourth-order valence-corrected chi connectivity index (χ4v) is 0.867. The molecule has 57 valence electrons. The van der Waals surface area contributed by atoms with Crippen LogP contribution < -0.4 is 11.2 Å².